The first-order chi connectivity index (χ1) is 9.24. The molecule has 0 radical (unpaired) electrons. The van der Waals surface area contributed by atoms with Crippen LogP contribution in [0.3, 0.4) is 0 Å². The van der Waals surface area contributed by atoms with Gasteiger partial charge in [-0.05, 0) is 43.4 Å². The van der Waals surface area contributed by atoms with Crippen LogP contribution in [0.25, 0.3) is 0 Å². The van der Waals surface area contributed by atoms with Crippen LogP contribution < -0.4 is 4.90 Å². The van der Waals surface area contributed by atoms with Gasteiger partial charge in [0.15, 0.2) is 0 Å². The van der Waals surface area contributed by atoms with Gasteiger partial charge in [-0.3, -0.25) is 4.79 Å². The molecule has 0 aromatic heterocycles. The van der Waals surface area contributed by atoms with Crippen LogP contribution in [0.5, 0.6) is 0 Å². The van der Waals surface area contributed by atoms with E-state index in [2.05, 4.69) is 53.7 Å². The minimum atomic E-state index is 0.0189. The molecule has 0 bridgehead atoms. The molecule has 1 rings (SSSR count). The zero-order valence-electron chi connectivity index (χ0n) is 13.9. The molecule has 112 valence electrons. The Morgan fingerprint density at radius 2 is 1.95 bits per heavy atom. The summed E-state index contributed by atoms with van der Waals surface area (Å²) in [4.78, 5) is 14.7. The van der Waals surface area contributed by atoms with E-state index in [-0.39, 0.29) is 17.4 Å². The summed E-state index contributed by atoms with van der Waals surface area (Å²) >= 11 is 0. The highest BCUT2D eigenvalue weighted by Crippen LogP contribution is 2.26. The molecule has 2 heteroatoms. The Kier molecular flexibility index (Phi) is 5.79. The van der Waals surface area contributed by atoms with Crippen molar-refractivity contribution in [3.8, 4) is 0 Å². The summed E-state index contributed by atoms with van der Waals surface area (Å²) in [6.07, 6.45) is 2.70. The van der Waals surface area contributed by atoms with E-state index in [1.807, 2.05) is 17.0 Å². The summed E-state index contributed by atoms with van der Waals surface area (Å²) in [7, 11) is 0. The first-order valence-corrected chi connectivity index (χ1v) is 7.63. The van der Waals surface area contributed by atoms with Gasteiger partial charge in [0.2, 0.25) is 5.91 Å². The average molecular weight is 275 g/mol. The first-order valence-electron chi connectivity index (χ1n) is 7.63. The Balaban J connectivity index is 3.05. The molecular weight excluding hydrogens is 246 g/mol. The van der Waals surface area contributed by atoms with Gasteiger partial charge in [-0.15, -0.1) is 0 Å². The van der Waals surface area contributed by atoms with E-state index in [1.54, 1.807) is 0 Å². The number of anilines is 1. The molecule has 0 fully saturated rings. The number of nitrogens with zero attached hydrogens (tertiary/aromatic N) is 1. The van der Waals surface area contributed by atoms with Crippen LogP contribution in [0.15, 0.2) is 24.3 Å². The standard InChI is InChI=1S/C18H29NO/c1-7-9-15(3)19(17(20)13-18(4,5)6)16-11-8-10-14(2)12-16/h8,10-12,15H,7,9,13H2,1-6H3. The highest BCUT2D eigenvalue weighted by Gasteiger charge is 2.25. The summed E-state index contributed by atoms with van der Waals surface area (Å²) in [6, 6.07) is 8.49. The highest BCUT2D eigenvalue weighted by atomic mass is 16.2. The minimum absolute atomic E-state index is 0.0189. The van der Waals surface area contributed by atoms with Crippen LogP contribution in [0.1, 0.15) is 59.4 Å². The van der Waals surface area contributed by atoms with Crippen molar-refractivity contribution >= 4 is 11.6 Å². The number of rotatable bonds is 5. The van der Waals surface area contributed by atoms with Gasteiger partial charge < -0.3 is 4.90 Å². The minimum Gasteiger partial charge on any atom is -0.310 e. The zero-order chi connectivity index (χ0) is 15.3. The third-order valence-corrected chi connectivity index (χ3v) is 3.38. The third-order valence-electron chi connectivity index (χ3n) is 3.38. The van der Waals surface area contributed by atoms with E-state index in [4.69, 9.17) is 0 Å². The van der Waals surface area contributed by atoms with Crippen LogP contribution in [-0.2, 0) is 4.79 Å². The van der Waals surface area contributed by atoms with Crippen molar-refractivity contribution < 1.29 is 4.79 Å². The molecule has 0 aliphatic carbocycles. The van der Waals surface area contributed by atoms with E-state index in [1.165, 1.54) is 5.56 Å². The van der Waals surface area contributed by atoms with Crippen molar-refractivity contribution in [1.29, 1.82) is 0 Å². The maximum absolute atomic E-state index is 12.7. The molecule has 1 amide bonds. The van der Waals surface area contributed by atoms with Gasteiger partial charge in [0.05, 0.1) is 0 Å². The summed E-state index contributed by atoms with van der Waals surface area (Å²) in [6.45, 7) is 12.7. The zero-order valence-corrected chi connectivity index (χ0v) is 13.9. The lowest BCUT2D eigenvalue weighted by Gasteiger charge is -2.32. The van der Waals surface area contributed by atoms with Gasteiger partial charge in [0.1, 0.15) is 0 Å². The quantitative estimate of drug-likeness (QED) is 0.744. The molecule has 2 nitrogen and oxygen atoms in total. The maximum atomic E-state index is 12.7. The van der Waals surface area contributed by atoms with Crippen molar-refractivity contribution in [3.63, 3.8) is 0 Å². The molecule has 0 heterocycles. The van der Waals surface area contributed by atoms with Crippen molar-refractivity contribution in [2.45, 2.75) is 66.8 Å². The van der Waals surface area contributed by atoms with E-state index in [0.717, 1.165) is 18.5 Å². The van der Waals surface area contributed by atoms with Crippen molar-refractivity contribution in [2.24, 2.45) is 5.41 Å². The number of carbonyl (C=O) groups is 1. The monoisotopic (exact) mass is 275 g/mol. The highest BCUT2D eigenvalue weighted by molar-refractivity contribution is 5.94. The molecule has 0 aliphatic rings. The maximum Gasteiger partial charge on any atom is 0.227 e. The van der Waals surface area contributed by atoms with E-state index >= 15 is 0 Å². The van der Waals surface area contributed by atoms with Gasteiger partial charge in [-0.1, -0.05) is 46.2 Å². The van der Waals surface area contributed by atoms with E-state index in [9.17, 15) is 4.79 Å². The second-order valence-corrected chi connectivity index (χ2v) is 6.98. The molecule has 1 unspecified atom stereocenters. The fraction of sp³-hybridized carbons (Fsp3) is 0.611. The lowest BCUT2D eigenvalue weighted by Crippen LogP contribution is -2.40. The summed E-state index contributed by atoms with van der Waals surface area (Å²) in [5.74, 6) is 0.226. The average Bonchev–Trinajstić information content (AvgIpc) is 2.26. The summed E-state index contributed by atoms with van der Waals surface area (Å²) in [5.41, 5.74) is 2.24. The molecule has 0 saturated heterocycles. The van der Waals surface area contributed by atoms with Gasteiger partial charge in [-0.25, -0.2) is 0 Å². The van der Waals surface area contributed by atoms with Crippen molar-refractivity contribution in [2.75, 3.05) is 4.90 Å². The van der Waals surface area contributed by atoms with Crippen LogP contribution in [-0.4, -0.2) is 11.9 Å². The molecule has 0 saturated carbocycles. The molecule has 1 aromatic carbocycles. The number of aryl methyl sites for hydroxylation is 1. The van der Waals surface area contributed by atoms with Crippen molar-refractivity contribution in [3.05, 3.63) is 29.8 Å². The third kappa shape index (κ3) is 4.99. The number of benzene rings is 1. The molecule has 1 atom stereocenters. The Bertz CT molecular complexity index is 445. The van der Waals surface area contributed by atoms with Crippen molar-refractivity contribution in [1.82, 2.24) is 0 Å². The van der Waals surface area contributed by atoms with E-state index in [0.29, 0.717) is 6.42 Å². The van der Waals surface area contributed by atoms with Gasteiger partial charge in [-0.2, -0.15) is 0 Å². The smallest absolute Gasteiger partial charge is 0.227 e. The Labute approximate surface area is 124 Å². The number of hydrogen-bond donors (Lipinski definition) is 0. The summed E-state index contributed by atoms with van der Waals surface area (Å²) in [5, 5.41) is 0. The molecule has 1 aromatic rings. The van der Waals surface area contributed by atoms with Gasteiger partial charge in [0, 0.05) is 18.2 Å². The topological polar surface area (TPSA) is 20.3 Å². The lowest BCUT2D eigenvalue weighted by molar-refractivity contribution is -0.120. The largest absolute Gasteiger partial charge is 0.310 e. The van der Waals surface area contributed by atoms with E-state index < -0.39 is 0 Å². The first kappa shape index (κ1) is 16.7. The van der Waals surface area contributed by atoms with Gasteiger partial charge in [0.25, 0.3) is 0 Å². The van der Waals surface area contributed by atoms with Crippen LogP contribution in [0, 0.1) is 12.3 Å². The normalized spacial score (nSPS) is 13.1. The molecule has 0 N–H and O–H groups in total. The Morgan fingerprint density at radius 1 is 1.30 bits per heavy atom. The fourth-order valence-electron chi connectivity index (χ4n) is 2.51. The predicted molar refractivity (Wildman–Crippen MR) is 87.1 cm³/mol. The second-order valence-electron chi connectivity index (χ2n) is 6.98. The summed E-state index contributed by atoms with van der Waals surface area (Å²) < 4.78 is 0. The Morgan fingerprint density at radius 3 is 2.45 bits per heavy atom. The van der Waals surface area contributed by atoms with Crippen LogP contribution in [0.4, 0.5) is 5.69 Å². The Hall–Kier alpha value is -1.31. The molecule has 0 aliphatic heterocycles. The van der Waals surface area contributed by atoms with Crippen LogP contribution in [0.2, 0.25) is 0 Å². The number of amides is 1. The fourth-order valence-corrected chi connectivity index (χ4v) is 2.51. The molecule has 20 heavy (non-hydrogen) atoms. The van der Waals surface area contributed by atoms with Crippen LogP contribution >= 0.6 is 0 Å². The predicted octanol–water partition coefficient (Wildman–Crippen LogP) is 4.95. The molecular formula is C18H29NO. The number of carbonyl (C=O) groups excluding carboxylic acids is 1. The number of hydrogen-bond acceptors (Lipinski definition) is 1. The van der Waals surface area contributed by atoms with Gasteiger partial charge >= 0.3 is 0 Å². The SMILES string of the molecule is CCCC(C)N(C(=O)CC(C)(C)C)c1cccc(C)c1. The molecule has 0 spiro atoms. The lowest BCUT2D eigenvalue weighted by atomic mass is 9.91. The second kappa shape index (κ2) is 6.92.